The number of halogens is 2. The Labute approximate surface area is 197 Å². The SMILES string of the molecule is CCOC(=O)C(Cc1ccc(Cl)cc1)NC(=O)NC(Cc1ccc(Cl)cc1)C(=O)OCC. The van der Waals surface area contributed by atoms with Gasteiger partial charge in [-0.05, 0) is 49.2 Å². The van der Waals surface area contributed by atoms with Gasteiger partial charge in [-0.25, -0.2) is 14.4 Å². The average Bonchev–Trinajstić information content (AvgIpc) is 2.76. The number of benzene rings is 2. The van der Waals surface area contributed by atoms with Crippen LogP contribution in [-0.2, 0) is 31.9 Å². The highest BCUT2D eigenvalue weighted by Crippen LogP contribution is 2.13. The van der Waals surface area contributed by atoms with Gasteiger partial charge in [0.25, 0.3) is 0 Å². The van der Waals surface area contributed by atoms with E-state index in [2.05, 4.69) is 10.6 Å². The zero-order valence-corrected chi connectivity index (χ0v) is 19.4. The van der Waals surface area contributed by atoms with Gasteiger partial charge in [0, 0.05) is 22.9 Å². The molecule has 2 rings (SSSR count). The lowest BCUT2D eigenvalue weighted by molar-refractivity contribution is -0.145. The van der Waals surface area contributed by atoms with Crippen LogP contribution in [0.25, 0.3) is 0 Å². The summed E-state index contributed by atoms with van der Waals surface area (Å²) < 4.78 is 10.2. The summed E-state index contributed by atoms with van der Waals surface area (Å²) in [6.45, 7) is 3.70. The van der Waals surface area contributed by atoms with Gasteiger partial charge in [0.15, 0.2) is 0 Å². The van der Waals surface area contributed by atoms with Gasteiger partial charge in [-0.3, -0.25) is 0 Å². The maximum atomic E-state index is 12.7. The maximum Gasteiger partial charge on any atom is 0.329 e. The number of amides is 2. The number of rotatable bonds is 10. The largest absolute Gasteiger partial charge is 0.464 e. The van der Waals surface area contributed by atoms with Crippen LogP contribution < -0.4 is 10.6 Å². The van der Waals surface area contributed by atoms with E-state index in [0.29, 0.717) is 10.0 Å². The van der Waals surface area contributed by atoms with Gasteiger partial charge >= 0.3 is 18.0 Å². The summed E-state index contributed by atoms with van der Waals surface area (Å²) in [5.41, 5.74) is 1.58. The Morgan fingerprint density at radius 3 is 1.38 bits per heavy atom. The van der Waals surface area contributed by atoms with Crippen molar-refractivity contribution in [3.63, 3.8) is 0 Å². The van der Waals surface area contributed by atoms with Crippen molar-refractivity contribution in [2.24, 2.45) is 0 Å². The first kappa shape index (κ1) is 25.5. The monoisotopic (exact) mass is 480 g/mol. The smallest absolute Gasteiger partial charge is 0.329 e. The van der Waals surface area contributed by atoms with Crippen molar-refractivity contribution in [2.75, 3.05) is 13.2 Å². The summed E-state index contributed by atoms with van der Waals surface area (Å²) in [6.07, 6.45) is 0.398. The summed E-state index contributed by atoms with van der Waals surface area (Å²) in [4.78, 5) is 37.5. The molecule has 172 valence electrons. The fourth-order valence-corrected chi connectivity index (χ4v) is 3.19. The molecule has 0 spiro atoms. The highest BCUT2D eigenvalue weighted by atomic mass is 35.5. The normalized spacial score (nSPS) is 12.4. The molecule has 0 aliphatic heterocycles. The molecule has 0 aromatic heterocycles. The summed E-state index contributed by atoms with van der Waals surface area (Å²) in [6, 6.07) is 11.2. The Balaban J connectivity index is 2.11. The first-order valence-corrected chi connectivity index (χ1v) is 11.0. The van der Waals surface area contributed by atoms with E-state index >= 15 is 0 Å². The van der Waals surface area contributed by atoms with Gasteiger partial charge in [-0.15, -0.1) is 0 Å². The van der Waals surface area contributed by atoms with Gasteiger partial charge in [0.1, 0.15) is 12.1 Å². The molecule has 2 aromatic carbocycles. The molecule has 0 bridgehead atoms. The molecular weight excluding hydrogens is 455 g/mol. The van der Waals surface area contributed by atoms with E-state index in [1.807, 2.05) is 0 Å². The van der Waals surface area contributed by atoms with Crippen molar-refractivity contribution >= 4 is 41.2 Å². The first-order chi connectivity index (χ1) is 15.3. The topological polar surface area (TPSA) is 93.7 Å². The first-order valence-electron chi connectivity index (χ1n) is 10.2. The molecule has 2 N–H and O–H groups in total. The van der Waals surface area contributed by atoms with Crippen LogP contribution in [0.15, 0.2) is 48.5 Å². The highest BCUT2D eigenvalue weighted by molar-refractivity contribution is 6.30. The Bertz CT molecular complexity index is 830. The minimum atomic E-state index is -0.950. The molecule has 2 amide bonds. The molecule has 0 heterocycles. The van der Waals surface area contributed by atoms with E-state index in [4.69, 9.17) is 32.7 Å². The quantitative estimate of drug-likeness (QED) is 0.502. The number of ether oxygens (including phenoxy) is 2. The third kappa shape index (κ3) is 8.40. The molecule has 0 fully saturated rings. The minimum absolute atomic E-state index is 0.168. The predicted octanol–water partition coefficient (Wildman–Crippen LogP) is 3.94. The second-order valence-corrected chi connectivity index (χ2v) is 7.76. The molecule has 2 atom stereocenters. The molecule has 0 radical (unpaired) electrons. The predicted molar refractivity (Wildman–Crippen MR) is 123 cm³/mol. The number of carbonyl (C=O) groups is 3. The molecule has 0 aliphatic carbocycles. The second kappa shape index (κ2) is 12.9. The van der Waals surface area contributed by atoms with Crippen LogP contribution in [0.1, 0.15) is 25.0 Å². The number of hydrogen-bond acceptors (Lipinski definition) is 5. The van der Waals surface area contributed by atoms with E-state index in [-0.39, 0.29) is 26.1 Å². The van der Waals surface area contributed by atoms with Crippen LogP contribution in [-0.4, -0.2) is 43.3 Å². The molecule has 32 heavy (non-hydrogen) atoms. The van der Waals surface area contributed by atoms with Crippen LogP contribution in [0.4, 0.5) is 4.79 Å². The molecule has 0 saturated heterocycles. The third-order valence-electron chi connectivity index (χ3n) is 4.46. The molecule has 7 nitrogen and oxygen atoms in total. The number of carbonyl (C=O) groups excluding carboxylic acids is 3. The maximum absolute atomic E-state index is 12.7. The second-order valence-electron chi connectivity index (χ2n) is 6.89. The van der Waals surface area contributed by atoms with Crippen molar-refractivity contribution < 1.29 is 23.9 Å². The lowest BCUT2D eigenvalue weighted by Crippen LogP contribution is -2.53. The van der Waals surface area contributed by atoms with Crippen LogP contribution in [0.2, 0.25) is 10.0 Å². The van der Waals surface area contributed by atoms with E-state index in [1.54, 1.807) is 62.4 Å². The van der Waals surface area contributed by atoms with Crippen LogP contribution >= 0.6 is 23.2 Å². The Morgan fingerprint density at radius 1 is 0.719 bits per heavy atom. The van der Waals surface area contributed by atoms with E-state index in [1.165, 1.54) is 0 Å². The van der Waals surface area contributed by atoms with E-state index in [9.17, 15) is 14.4 Å². The van der Waals surface area contributed by atoms with Crippen molar-refractivity contribution in [3.05, 3.63) is 69.7 Å². The lowest BCUT2D eigenvalue weighted by Gasteiger charge is -2.21. The molecule has 2 unspecified atom stereocenters. The fourth-order valence-electron chi connectivity index (χ4n) is 2.94. The van der Waals surface area contributed by atoms with Gasteiger partial charge in [-0.2, -0.15) is 0 Å². The molecule has 0 saturated carbocycles. The van der Waals surface area contributed by atoms with Crippen LogP contribution in [0, 0.1) is 0 Å². The number of hydrogen-bond donors (Lipinski definition) is 2. The number of nitrogens with one attached hydrogen (secondary N) is 2. The lowest BCUT2D eigenvalue weighted by atomic mass is 10.1. The van der Waals surface area contributed by atoms with Gasteiger partial charge in [0.2, 0.25) is 0 Å². The van der Waals surface area contributed by atoms with Crippen molar-refractivity contribution in [1.29, 1.82) is 0 Å². The van der Waals surface area contributed by atoms with Crippen molar-refractivity contribution in [2.45, 2.75) is 38.8 Å². The highest BCUT2D eigenvalue weighted by Gasteiger charge is 2.27. The van der Waals surface area contributed by atoms with Crippen LogP contribution in [0.5, 0.6) is 0 Å². The van der Waals surface area contributed by atoms with E-state index < -0.39 is 30.1 Å². The van der Waals surface area contributed by atoms with Crippen LogP contribution in [0.3, 0.4) is 0 Å². The Hall–Kier alpha value is -2.77. The van der Waals surface area contributed by atoms with Gasteiger partial charge in [-0.1, -0.05) is 47.5 Å². The summed E-state index contributed by atoms with van der Waals surface area (Å²) in [5.74, 6) is -1.16. The molecule has 9 heteroatoms. The number of esters is 2. The Kier molecular flexibility index (Phi) is 10.3. The fraction of sp³-hybridized carbons (Fsp3) is 0.348. The molecule has 2 aromatic rings. The summed E-state index contributed by atoms with van der Waals surface area (Å²) >= 11 is 11.8. The van der Waals surface area contributed by atoms with Crippen molar-refractivity contribution in [1.82, 2.24) is 10.6 Å². The van der Waals surface area contributed by atoms with E-state index in [0.717, 1.165) is 11.1 Å². The average molecular weight is 481 g/mol. The van der Waals surface area contributed by atoms with Gasteiger partial charge < -0.3 is 20.1 Å². The standard InChI is InChI=1S/C23H26Cl2N2O5/c1-3-31-21(28)19(13-15-5-9-17(24)10-6-15)26-23(30)27-20(22(29)32-4-2)14-16-7-11-18(25)12-8-16/h5-12,19-20H,3-4,13-14H2,1-2H3,(H2,26,27,30). The minimum Gasteiger partial charge on any atom is -0.464 e. The van der Waals surface area contributed by atoms with Crippen molar-refractivity contribution in [3.8, 4) is 0 Å². The number of urea groups is 1. The molecule has 0 aliphatic rings. The van der Waals surface area contributed by atoms with Gasteiger partial charge in [0.05, 0.1) is 13.2 Å². The Morgan fingerprint density at radius 2 is 1.06 bits per heavy atom. The summed E-state index contributed by atoms with van der Waals surface area (Å²) in [5, 5.41) is 6.32. The zero-order chi connectivity index (χ0) is 23.5. The third-order valence-corrected chi connectivity index (χ3v) is 4.96. The zero-order valence-electron chi connectivity index (χ0n) is 17.9. The molecular formula is C23H26Cl2N2O5. The summed E-state index contributed by atoms with van der Waals surface area (Å²) in [7, 11) is 0.